The zero-order chi connectivity index (χ0) is 20.1. The van der Waals surface area contributed by atoms with Crippen molar-refractivity contribution < 1.29 is 22.4 Å². The second-order valence-electron chi connectivity index (χ2n) is 6.65. The fourth-order valence-electron chi connectivity index (χ4n) is 3.09. The number of hydrogen-bond donors (Lipinski definition) is 1. The zero-order valence-electron chi connectivity index (χ0n) is 14.6. The van der Waals surface area contributed by atoms with Gasteiger partial charge in [-0.15, -0.1) is 0 Å². The van der Waals surface area contributed by atoms with E-state index in [1.807, 2.05) is 0 Å². The van der Waals surface area contributed by atoms with Gasteiger partial charge in [-0.3, -0.25) is 9.20 Å². The molecule has 1 unspecified atom stereocenters. The van der Waals surface area contributed by atoms with Crippen LogP contribution in [0.15, 0.2) is 29.1 Å². The summed E-state index contributed by atoms with van der Waals surface area (Å²) in [5.74, 6) is -1.32. The number of nitrogens with zero attached hydrogens (tertiary/aromatic N) is 4. The average Bonchev–Trinajstić information content (AvgIpc) is 3.18. The second kappa shape index (κ2) is 6.37. The van der Waals surface area contributed by atoms with Crippen LogP contribution in [0.3, 0.4) is 0 Å². The van der Waals surface area contributed by atoms with Crippen molar-refractivity contribution in [3.8, 4) is 11.5 Å². The first-order chi connectivity index (χ1) is 13.3. The number of amides is 1. The van der Waals surface area contributed by atoms with E-state index in [1.54, 1.807) is 13.0 Å². The summed E-state index contributed by atoms with van der Waals surface area (Å²) in [6.45, 7) is 8.91. The van der Waals surface area contributed by atoms with Crippen molar-refractivity contribution in [2.45, 2.75) is 32.0 Å². The lowest BCUT2D eigenvalue weighted by atomic mass is 10.1. The lowest BCUT2D eigenvalue weighted by molar-refractivity contribution is -0.158. The molecule has 1 N–H and O–H groups in total. The molecule has 10 heteroatoms. The smallest absolute Gasteiger partial charge is 0.408 e. The van der Waals surface area contributed by atoms with Crippen molar-refractivity contribution in [2.24, 2.45) is 5.92 Å². The third kappa shape index (κ3) is 3.09. The summed E-state index contributed by atoms with van der Waals surface area (Å²) in [5.41, 5.74) is 1.05. The molecule has 0 bridgehead atoms. The average molecular weight is 389 g/mol. The first-order valence-electron chi connectivity index (χ1n) is 8.47. The van der Waals surface area contributed by atoms with Gasteiger partial charge in [-0.1, -0.05) is 0 Å². The molecule has 0 aromatic carbocycles. The molecule has 1 atom stereocenters. The fourth-order valence-corrected chi connectivity index (χ4v) is 3.09. The molecule has 1 aliphatic carbocycles. The van der Waals surface area contributed by atoms with Crippen LogP contribution in [0.2, 0.25) is 0 Å². The highest BCUT2D eigenvalue weighted by atomic mass is 19.4. The first kappa shape index (κ1) is 18.0. The minimum absolute atomic E-state index is 0.0940. The second-order valence-corrected chi connectivity index (χ2v) is 6.65. The quantitative estimate of drug-likeness (QED) is 0.686. The lowest BCUT2D eigenvalue weighted by Gasteiger charge is -2.20. The van der Waals surface area contributed by atoms with E-state index >= 15 is 0 Å². The van der Waals surface area contributed by atoms with E-state index in [9.17, 15) is 18.0 Å². The molecular formula is C18H14F3N5O2. The van der Waals surface area contributed by atoms with E-state index in [-0.39, 0.29) is 22.8 Å². The molecule has 0 radical (unpaired) electrons. The van der Waals surface area contributed by atoms with E-state index in [0.29, 0.717) is 24.2 Å². The van der Waals surface area contributed by atoms with Crippen molar-refractivity contribution in [2.75, 3.05) is 0 Å². The molecule has 0 aliphatic heterocycles. The fraction of sp³-hybridized carbons (Fsp3) is 0.333. The highest BCUT2D eigenvalue weighted by molar-refractivity contribution is 5.98. The van der Waals surface area contributed by atoms with Crippen molar-refractivity contribution >= 4 is 17.2 Å². The normalized spacial score (nSPS) is 15.4. The monoisotopic (exact) mass is 389 g/mol. The van der Waals surface area contributed by atoms with Crippen LogP contribution in [0.25, 0.3) is 21.9 Å². The summed E-state index contributed by atoms with van der Waals surface area (Å²) < 4.78 is 46.5. The van der Waals surface area contributed by atoms with Gasteiger partial charge in [-0.25, -0.2) is 14.8 Å². The molecular weight excluding hydrogens is 375 g/mol. The van der Waals surface area contributed by atoms with Gasteiger partial charge in [0.05, 0.1) is 18.5 Å². The molecule has 4 rings (SSSR count). The Morgan fingerprint density at radius 3 is 2.86 bits per heavy atom. The molecule has 1 amide bonds. The number of hydrogen-bond acceptors (Lipinski definition) is 4. The van der Waals surface area contributed by atoms with Gasteiger partial charge >= 0.3 is 6.18 Å². The largest absolute Gasteiger partial charge is 0.475 e. The molecule has 0 spiro atoms. The molecule has 7 nitrogen and oxygen atoms in total. The summed E-state index contributed by atoms with van der Waals surface area (Å²) in [6.07, 6.45) is -1.01. The van der Waals surface area contributed by atoms with Crippen molar-refractivity contribution in [1.29, 1.82) is 0 Å². The van der Waals surface area contributed by atoms with Gasteiger partial charge in [0, 0.05) is 5.69 Å². The van der Waals surface area contributed by atoms with Gasteiger partial charge in [-0.05, 0) is 37.8 Å². The van der Waals surface area contributed by atoms with E-state index < -0.39 is 24.0 Å². The molecule has 1 aliphatic rings. The highest BCUT2D eigenvalue weighted by Gasteiger charge is 2.50. The molecule has 0 saturated heterocycles. The lowest BCUT2D eigenvalue weighted by Crippen LogP contribution is -2.47. The van der Waals surface area contributed by atoms with Crippen LogP contribution in [-0.2, 0) is 0 Å². The maximum Gasteiger partial charge on any atom is 0.408 e. The van der Waals surface area contributed by atoms with E-state index in [1.165, 1.54) is 23.1 Å². The summed E-state index contributed by atoms with van der Waals surface area (Å²) in [4.78, 5) is 24.2. The van der Waals surface area contributed by atoms with Crippen LogP contribution in [-0.4, -0.2) is 32.5 Å². The molecule has 3 aromatic heterocycles. The van der Waals surface area contributed by atoms with Crippen LogP contribution in [0.1, 0.15) is 29.0 Å². The zero-order valence-corrected chi connectivity index (χ0v) is 14.6. The third-order valence-corrected chi connectivity index (χ3v) is 4.64. The van der Waals surface area contributed by atoms with Crippen LogP contribution in [0.4, 0.5) is 18.9 Å². The molecule has 3 heterocycles. The number of rotatable bonds is 4. The van der Waals surface area contributed by atoms with Crippen molar-refractivity contribution in [3.63, 3.8) is 0 Å². The molecule has 1 fully saturated rings. The molecule has 1 saturated carbocycles. The highest BCUT2D eigenvalue weighted by Crippen LogP contribution is 2.40. The van der Waals surface area contributed by atoms with Gasteiger partial charge in [0.15, 0.2) is 17.1 Å². The summed E-state index contributed by atoms with van der Waals surface area (Å²) >= 11 is 0. The minimum Gasteiger partial charge on any atom is -0.475 e. The summed E-state index contributed by atoms with van der Waals surface area (Å²) in [7, 11) is 0. The summed E-state index contributed by atoms with van der Waals surface area (Å²) in [5, 5.41) is 2.06. The van der Waals surface area contributed by atoms with Crippen LogP contribution in [0.5, 0.6) is 0 Å². The van der Waals surface area contributed by atoms with Gasteiger partial charge in [0.1, 0.15) is 12.4 Å². The molecule has 28 heavy (non-hydrogen) atoms. The van der Waals surface area contributed by atoms with Gasteiger partial charge < -0.3 is 9.73 Å². The van der Waals surface area contributed by atoms with E-state index in [0.717, 1.165) is 0 Å². The number of aryl methyl sites for hydroxylation is 1. The van der Waals surface area contributed by atoms with Crippen molar-refractivity contribution in [3.05, 3.63) is 47.5 Å². The van der Waals surface area contributed by atoms with Crippen LogP contribution >= 0.6 is 0 Å². The van der Waals surface area contributed by atoms with Crippen LogP contribution in [0, 0.1) is 19.4 Å². The number of nitrogens with one attached hydrogen (secondary N) is 1. The van der Waals surface area contributed by atoms with Gasteiger partial charge in [0.2, 0.25) is 5.69 Å². The molecule has 144 valence electrons. The number of carbonyl (C=O) groups excluding carboxylic acids is 1. The maximum atomic E-state index is 13.2. The Bertz CT molecular complexity index is 1100. The minimum atomic E-state index is -4.53. The Balaban J connectivity index is 1.74. The maximum absolute atomic E-state index is 13.2. The Labute approximate surface area is 157 Å². The number of aromatic nitrogens is 3. The standard InChI is InChI=1S/C18H14F3N5O2/c1-9-7-12(14-11(22-2)5-6-28-14)24-16-13(23-8-26(9)16)17(27)25-15(10-3-4-10)18(19,20)21/h5-8,10,15H,3-4H2,1H3,(H,25,27). The van der Waals surface area contributed by atoms with Gasteiger partial charge in [0.25, 0.3) is 5.91 Å². The van der Waals surface area contributed by atoms with Gasteiger partial charge in [-0.2, -0.15) is 13.2 Å². The van der Waals surface area contributed by atoms with E-state index in [4.69, 9.17) is 11.0 Å². The topological polar surface area (TPSA) is 76.8 Å². The number of alkyl halides is 3. The Hall–Kier alpha value is -3.35. The number of carbonyl (C=O) groups is 1. The Morgan fingerprint density at radius 1 is 1.46 bits per heavy atom. The number of furan rings is 1. The number of fused-ring (bicyclic) bond motifs is 1. The van der Waals surface area contributed by atoms with E-state index in [2.05, 4.69) is 20.1 Å². The predicted octanol–water partition coefficient (Wildman–Crippen LogP) is 3.92. The third-order valence-electron chi connectivity index (χ3n) is 4.64. The first-order valence-corrected chi connectivity index (χ1v) is 8.47. The Morgan fingerprint density at radius 2 is 2.21 bits per heavy atom. The number of halogens is 3. The van der Waals surface area contributed by atoms with Crippen molar-refractivity contribution in [1.82, 2.24) is 19.7 Å². The van der Waals surface area contributed by atoms with Crippen LogP contribution < -0.4 is 5.32 Å². The number of imidazole rings is 1. The summed E-state index contributed by atoms with van der Waals surface area (Å²) in [6, 6.07) is 1.23. The molecule has 3 aromatic rings. The SMILES string of the molecule is [C-]#[N+]c1ccoc1-c1cc(C)n2cnc(C(=O)NC(C3CC3)C(F)(F)F)c2n1. The predicted molar refractivity (Wildman–Crippen MR) is 91.7 cm³/mol. The Kier molecular flexibility index (Phi) is 4.10.